The normalized spacial score (nSPS) is 14.4. The third-order valence-electron chi connectivity index (χ3n) is 7.59. The molecule has 9 nitrogen and oxygen atoms in total. The Bertz CT molecular complexity index is 1640. The second-order valence-electron chi connectivity index (χ2n) is 11.8. The zero-order valence-electron chi connectivity index (χ0n) is 26.8. The first-order valence-corrected chi connectivity index (χ1v) is 17.3. The molecular formula is C34H40F5N3O6S. The fourth-order valence-electron chi connectivity index (χ4n) is 5.01. The number of aliphatic hydroxyl groups is 1. The Kier molecular flexibility index (Phi) is 14.2. The molecule has 0 saturated heterocycles. The van der Waals surface area contributed by atoms with Gasteiger partial charge in [0.25, 0.3) is 5.91 Å². The summed E-state index contributed by atoms with van der Waals surface area (Å²) >= 11 is 0. The van der Waals surface area contributed by atoms with E-state index in [0.29, 0.717) is 18.2 Å². The Labute approximate surface area is 282 Å². The van der Waals surface area contributed by atoms with E-state index in [1.165, 1.54) is 0 Å². The number of benzene rings is 3. The van der Waals surface area contributed by atoms with Crippen molar-refractivity contribution >= 4 is 21.7 Å². The predicted molar refractivity (Wildman–Crippen MR) is 173 cm³/mol. The maximum Gasteiger partial charge on any atom is 0.389 e. The van der Waals surface area contributed by atoms with Crippen LogP contribution in [0.5, 0.6) is 0 Å². The van der Waals surface area contributed by atoms with Crippen LogP contribution in [0.2, 0.25) is 0 Å². The van der Waals surface area contributed by atoms with Crippen molar-refractivity contribution in [3.05, 3.63) is 107 Å². The van der Waals surface area contributed by atoms with Crippen LogP contribution in [-0.4, -0.2) is 67.3 Å². The summed E-state index contributed by atoms with van der Waals surface area (Å²) in [6.45, 7) is 1.69. The summed E-state index contributed by atoms with van der Waals surface area (Å²) in [7, 11) is -4.57. The van der Waals surface area contributed by atoms with Gasteiger partial charge in [-0.1, -0.05) is 61.5 Å². The van der Waals surface area contributed by atoms with E-state index in [1.54, 1.807) is 30.3 Å². The molecule has 0 unspecified atom stereocenters. The van der Waals surface area contributed by atoms with Crippen molar-refractivity contribution in [3.8, 4) is 0 Å². The molecule has 0 aliphatic rings. The summed E-state index contributed by atoms with van der Waals surface area (Å²) < 4.78 is 97.4. The summed E-state index contributed by atoms with van der Waals surface area (Å²) in [6, 6.07) is 16.9. The number of aryl methyl sites for hydroxylation is 1. The van der Waals surface area contributed by atoms with Gasteiger partial charge in [0.1, 0.15) is 18.2 Å². The van der Waals surface area contributed by atoms with Gasteiger partial charge < -0.3 is 26.2 Å². The van der Waals surface area contributed by atoms with Gasteiger partial charge >= 0.3 is 12.1 Å². The lowest BCUT2D eigenvalue weighted by Crippen LogP contribution is -2.66. The summed E-state index contributed by atoms with van der Waals surface area (Å²) in [4.78, 5) is 27.1. The second kappa shape index (κ2) is 17.7. The van der Waals surface area contributed by atoms with E-state index in [-0.39, 0.29) is 18.5 Å². The topological polar surface area (TPSA) is 148 Å². The first kappa shape index (κ1) is 39.5. The molecule has 49 heavy (non-hydrogen) atoms. The van der Waals surface area contributed by atoms with Gasteiger partial charge in [-0.25, -0.2) is 22.0 Å². The molecule has 15 heteroatoms. The van der Waals surface area contributed by atoms with Crippen LogP contribution in [-0.2, 0) is 50.2 Å². The number of rotatable bonds is 18. The number of sulfone groups is 1. The third kappa shape index (κ3) is 13.1. The maximum absolute atomic E-state index is 14.1. The Hall–Kier alpha value is -3.92. The van der Waals surface area contributed by atoms with Gasteiger partial charge in [0.05, 0.1) is 23.7 Å². The molecule has 0 fully saturated rings. The van der Waals surface area contributed by atoms with Crippen molar-refractivity contribution in [3.63, 3.8) is 0 Å². The molecule has 0 spiro atoms. The van der Waals surface area contributed by atoms with Gasteiger partial charge in [-0.15, -0.1) is 0 Å². The molecule has 3 atom stereocenters. The molecule has 0 radical (unpaired) electrons. The van der Waals surface area contributed by atoms with Gasteiger partial charge in [0.15, 0.2) is 9.84 Å². The highest BCUT2D eigenvalue weighted by molar-refractivity contribution is 7.91. The lowest BCUT2D eigenvalue weighted by molar-refractivity contribution is -0.155. The van der Waals surface area contributed by atoms with E-state index in [4.69, 9.17) is 10.5 Å². The first-order valence-electron chi connectivity index (χ1n) is 15.5. The molecule has 0 aliphatic carbocycles. The number of hydrogen-bond acceptors (Lipinski definition) is 8. The average Bonchev–Trinajstić information content (AvgIpc) is 3.02. The number of esters is 1. The fourth-order valence-corrected chi connectivity index (χ4v) is 6.68. The van der Waals surface area contributed by atoms with Crippen LogP contribution < -0.4 is 16.4 Å². The minimum atomic E-state index is -4.64. The molecule has 0 bridgehead atoms. The fraction of sp³-hybridized carbons (Fsp3) is 0.412. The molecule has 0 aliphatic heterocycles. The number of halogens is 5. The zero-order valence-corrected chi connectivity index (χ0v) is 27.6. The Morgan fingerprint density at radius 1 is 0.918 bits per heavy atom. The van der Waals surface area contributed by atoms with E-state index >= 15 is 0 Å². The van der Waals surface area contributed by atoms with E-state index in [1.807, 2.05) is 31.2 Å². The second-order valence-corrected chi connectivity index (χ2v) is 14.0. The van der Waals surface area contributed by atoms with Crippen molar-refractivity contribution in [2.24, 2.45) is 5.73 Å². The summed E-state index contributed by atoms with van der Waals surface area (Å²) in [5.41, 5.74) is 5.63. The number of nitrogens with two attached hydrogens (primary N) is 1. The highest BCUT2D eigenvalue weighted by Crippen LogP contribution is 2.23. The van der Waals surface area contributed by atoms with Crippen LogP contribution in [0.3, 0.4) is 0 Å². The zero-order chi connectivity index (χ0) is 36.2. The van der Waals surface area contributed by atoms with E-state index in [9.17, 15) is 45.1 Å². The van der Waals surface area contributed by atoms with Gasteiger partial charge in [-0.3, -0.25) is 4.79 Å². The van der Waals surface area contributed by atoms with Gasteiger partial charge in [-0.2, -0.15) is 13.2 Å². The van der Waals surface area contributed by atoms with Crippen LogP contribution in [0.15, 0.2) is 72.8 Å². The summed E-state index contributed by atoms with van der Waals surface area (Å²) in [5.74, 6) is -7.26. The van der Waals surface area contributed by atoms with Crippen LogP contribution in [0.4, 0.5) is 22.0 Å². The standard InChI is InChI=1S/C34H40F5N3O6S/c1-2-23-10-6-11-25(14-23)19-41-20-30(43)29(17-26-15-27(35)18-28(36)16-26)42-31(44)33(40,22-49(46,47)13-7-12-34(37,38)39)32(45)48-21-24-8-4-3-5-9-24/h3-6,8-11,14-16,18,29-30,41,43H,2,7,12-13,17,19-22,40H2,1H3,(H,42,44)/t29-,30+,33+/m0/s1. The smallest absolute Gasteiger partial charge is 0.389 e. The number of alkyl halides is 3. The molecule has 3 aromatic carbocycles. The van der Waals surface area contributed by atoms with Gasteiger partial charge in [0.2, 0.25) is 5.54 Å². The number of ether oxygens (including phenoxy) is 1. The number of nitrogens with one attached hydrogen (secondary N) is 2. The molecule has 3 rings (SSSR count). The predicted octanol–water partition coefficient (Wildman–Crippen LogP) is 3.90. The lowest BCUT2D eigenvalue weighted by atomic mass is 9.97. The molecule has 1 amide bonds. The van der Waals surface area contributed by atoms with E-state index in [2.05, 4.69) is 10.6 Å². The van der Waals surface area contributed by atoms with Crippen LogP contribution >= 0.6 is 0 Å². The number of amides is 1. The third-order valence-corrected chi connectivity index (χ3v) is 9.39. The molecule has 268 valence electrons. The van der Waals surface area contributed by atoms with Crippen LogP contribution in [0.25, 0.3) is 0 Å². The quantitative estimate of drug-likeness (QED) is 0.0882. The lowest BCUT2D eigenvalue weighted by Gasteiger charge is -2.31. The number of hydrogen-bond donors (Lipinski definition) is 4. The van der Waals surface area contributed by atoms with Crippen LogP contribution in [0, 0.1) is 11.6 Å². The molecule has 5 N–H and O–H groups in total. The summed E-state index contributed by atoms with van der Waals surface area (Å²) in [5, 5.41) is 16.5. The average molecular weight is 714 g/mol. The van der Waals surface area contributed by atoms with Crippen LogP contribution in [0.1, 0.15) is 42.0 Å². The first-order chi connectivity index (χ1) is 23.0. The van der Waals surface area contributed by atoms with E-state index in [0.717, 1.165) is 29.7 Å². The highest BCUT2D eigenvalue weighted by Gasteiger charge is 2.48. The largest absolute Gasteiger partial charge is 0.459 e. The molecule has 0 heterocycles. The Morgan fingerprint density at radius 2 is 1.55 bits per heavy atom. The SMILES string of the molecule is CCc1cccc(CNC[C@@H](O)[C@H](Cc2cc(F)cc(F)c2)NC(=O)[C@](N)(CS(=O)(=O)CCCC(F)(F)F)C(=O)OCc2ccccc2)c1. The summed E-state index contributed by atoms with van der Waals surface area (Å²) in [6.07, 6.45) is -7.99. The van der Waals surface area contributed by atoms with Crippen molar-refractivity contribution in [2.45, 2.75) is 69.6 Å². The molecule has 0 aromatic heterocycles. The number of carbonyl (C=O) groups excluding carboxylic acids is 2. The minimum absolute atomic E-state index is 0.00606. The Balaban J connectivity index is 1.87. The maximum atomic E-state index is 14.1. The van der Waals surface area contributed by atoms with Gasteiger partial charge in [0, 0.05) is 25.6 Å². The monoisotopic (exact) mass is 713 g/mol. The van der Waals surface area contributed by atoms with Crippen molar-refractivity contribution in [1.82, 2.24) is 10.6 Å². The van der Waals surface area contributed by atoms with Crippen molar-refractivity contribution in [2.75, 3.05) is 18.1 Å². The number of aliphatic hydroxyl groups excluding tert-OH is 1. The molecular weight excluding hydrogens is 673 g/mol. The molecule has 3 aromatic rings. The molecule has 0 saturated carbocycles. The van der Waals surface area contributed by atoms with Crippen molar-refractivity contribution in [1.29, 1.82) is 0 Å². The van der Waals surface area contributed by atoms with Crippen molar-refractivity contribution < 1.29 is 49.8 Å². The number of carbonyl (C=O) groups is 2. The highest BCUT2D eigenvalue weighted by atomic mass is 32.2. The Morgan fingerprint density at radius 3 is 2.18 bits per heavy atom. The minimum Gasteiger partial charge on any atom is -0.459 e. The van der Waals surface area contributed by atoms with E-state index < -0.39 is 88.2 Å². The van der Waals surface area contributed by atoms with Gasteiger partial charge in [-0.05, 0) is 53.6 Å².